The number of carbonyl (C=O) groups excluding carboxylic acids is 4. The van der Waals surface area contributed by atoms with Gasteiger partial charge in [-0.1, -0.05) is 17.7 Å². The standard InChI is InChI=1S/C40H51ClN8O5S/c1-25-22-46(23-26(2)47(25)24-36(51)44-29-8-5-7-28(19-29)43-34-15-16-35(50)45-37(34)52)17-6-18-54-32-13-11-30(12-14-32)49-39(55)48(38(53)40(49,3)4)31-10-9-27(21-42)33(41)20-31/h5,7-10,19-20,25-26,30,32,34,43H,6,11-18,22-24H2,1-4H3,(H,44,51)(H,45,50,52)/t25-,26+,30-,32-,34?. The highest BCUT2D eigenvalue weighted by Gasteiger charge is 2.52. The van der Waals surface area contributed by atoms with Gasteiger partial charge < -0.3 is 25.2 Å². The van der Waals surface area contributed by atoms with Gasteiger partial charge in [0.05, 0.1) is 28.9 Å². The molecule has 3 heterocycles. The molecule has 1 unspecified atom stereocenters. The first-order valence-electron chi connectivity index (χ1n) is 19.2. The number of halogens is 1. The Hall–Kier alpha value is -4.13. The van der Waals surface area contributed by atoms with Crippen molar-refractivity contribution in [2.75, 3.05) is 48.3 Å². The van der Waals surface area contributed by atoms with E-state index in [9.17, 15) is 24.4 Å². The topological polar surface area (TPSA) is 150 Å². The Kier molecular flexibility index (Phi) is 12.8. The fourth-order valence-electron chi connectivity index (χ4n) is 8.44. The Morgan fingerprint density at radius 3 is 2.42 bits per heavy atom. The summed E-state index contributed by atoms with van der Waals surface area (Å²) in [6.07, 6.45) is 5.34. The van der Waals surface area contributed by atoms with Gasteiger partial charge in [0.2, 0.25) is 17.7 Å². The molecule has 2 aromatic carbocycles. The van der Waals surface area contributed by atoms with E-state index in [1.54, 1.807) is 29.2 Å². The van der Waals surface area contributed by atoms with Crippen molar-refractivity contribution in [1.82, 2.24) is 20.0 Å². The summed E-state index contributed by atoms with van der Waals surface area (Å²) in [6.45, 7) is 11.8. The normalized spacial score (nSPS) is 26.1. The van der Waals surface area contributed by atoms with Gasteiger partial charge in [-0.2, -0.15) is 5.26 Å². The third-order valence-corrected chi connectivity index (χ3v) is 12.0. The summed E-state index contributed by atoms with van der Waals surface area (Å²) >= 11 is 12.2. The predicted molar refractivity (Wildman–Crippen MR) is 216 cm³/mol. The van der Waals surface area contributed by atoms with Crippen LogP contribution >= 0.6 is 23.8 Å². The van der Waals surface area contributed by atoms with Crippen molar-refractivity contribution in [2.24, 2.45) is 0 Å². The quantitative estimate of drug-likeness (QED) is 0.153. The van der Waals surface area contributed by atoms with Gasteiger partial charge in [0.25, 0.3) is 5.91 Å². The van der Waals surface area contributed by atoms with E-state index in [1.807, 2.05) is 32.0 Å². The molecule has 0 bridgehead atoms. The number of amides is 4. The van der Waals surface area contributed by atoms with Gasteiger partial charge in [-0.25, -0.2) is 0 Å². The lowest BCUT2D eigenvalue weighted by Crippen LogP contribution is -2.58. The fraction of sp³-hybridized carbons (Fsp3) is 0.550. The number of piperidine rings is 1. The molecule has 3 atom stereocenters. The number of ether oxygens (including phenoxy) is 1. The number of imide groups is 1. The van der Waals surface area contributed by atoms with Crippen LogP contribution in [0.5, 0.6) is 0 Å². The zero-order valence-corrected chi connectivity index (χ0v) is 33.5. The lowest BCUT2D eigenvalue weighted by atomic mass is 9.89. The molecule has 0 spiro atoms. The zero-order chi connectivity index (χ0) is 39.4. The highest BCUT2D eigenvalue weighted by Crippen LogP contribution is 2.39. The first kappa shape index (κ1) is 40.5. The molecule has 15 heteroatoms. The number of piperazine rings is 1. The van der Waals surface area contributed by atoms with Gasteiger partial charge in [-0.15, -0.1) is 0 Å². The largest absolute Gasteiger partial charge is 0.378 e. The molecule has 0 radical (unpaired) electrons. The molecule has 13 nitrogen and oxygen atoms in total. The lowest BCUT2D eigenvalue weighted by Gasteiger charge is -2.44. The Labute approximate surface area is 333 Å². The molecule has 0 aromatic heterocycles. The SMILES string of the molecule is C[C@@H]1CN(CCCO[C@H]2CC[C@H](N3C(=S)N(c4ccc(C#N)c(Cl)c4)C(=O)C3(C)C)CC2)C[C@H](C)N1CC(=O)Nc1cccc(NC2CCC(=O)NC2=O)c1. The third-order valence-electron chi connectivity index (χ3n) is 11.3. The average Bonchev–Trinajstić information content (AvgIpc) is 3.32. The fourth-order valence-corrected chi connectivity index (χ4v) is 9.22. The summed E-state index contributed by atoms with van der Waals surface area (Å²) in [4.78, 5) is 58.7. The number of rotatable bonds is 12. The third kappa shape index (κ3) is 9.30. The number of nitrogens with zero attached hydrogens (tertiary/aromatic N) is 5. The van der Waals surface area contributed by atoms with E-state index >= 15 is 0 Å². The van der Waals surface area contributed by atoms with E-state index in [0.29, 0.717) is 52.2 Å². The maximum atomic E-state index is 13.6. The van der Waals surface area contributed by atoms with Crippen LogP contribution in [0.3, 0.4) is 0 Å². The molecule has 2 aromatic rings. The van der Waals surface area contributed by atoms with Gasteiger partial charge >= 0.3 is 0 Å². The minimum Gasteiger partial charge on any atom is -0.378 e. The van der Waals surface area contributed by atoms with E-state index in [4.69, 9.17) is 28.6 Å². The number of nitrogens with one attached hydrogen (secondary N) is 3. The van der Waals surface area contributed by atoms with Crippen molar-refractivity contribution in [3.63, 3.8) is 0 Å². The van der Waals surface area contributed by atoms with Crippen LogP contribution in [-0.2, 0) is 23.9 Å². The second kappa shape index (κ2) is 17.3. The Bertz CT molecular complexity index is 1830. The van der Waals surface area contributed by atoms with E-state index in [2.05, 4.69) is 50.6 Å². The zero-order valence-electron chi connectivity index (χ0n) is 32.0. The molecule has 3 aliphatic heterocycles. The molecule has 4 fully saturated rings. The average molecular weight is 791 g/mol. The molecule has 4 aliphatic rings. The van der Waals surface area contributed by atoms with Crippen molar-refractivity contribution in [2.45, 2.75) is 108 Å². The molecule has 294 valence electrons. The predicted octanol–water partition coefficient (Wildman–Crippen LogP) is 4.89. The maximum Gasteiger partial charge on any atom is 0.258 e. The van der Waals surface area contributed by atoms with Crippen LogP contribution in [0.1, 0.15) is 78.2 Å². The molecule has 55 heavy (non-hydrogen) atoms. The number of thiocarbonyl (C=S) groups is 1. The molecule has 3 saturated heterocycles. The van der Waals surface area contributed by atoms with Crippen LogP contribution in [0.25, 0.3) is 0 Å². The van der Waals surface area contributed by atoms with Gasteiger partial charge in [0, 0.05) is 62.2 Å². The van der Waals surface area contributed by atoms with Crippen molar-refractivity contribution in [3.8, 4) is 6.07 Å². The van der Waals surface area contributed by atoms with E-state index in [0.717, 1.165) is 51.7 Å². The summed E-state index contributed by atoms with van der Waals surface area (Å²) in [6, 6.07) is 14.3. The summed E-state index contributed by atoms with van der Waals surface area (Å²) in [7, 11) is 0. The molecular weight excluding hydrogens is 740 g/mol. The summed E-state index contributed by atoms with van der Waals surface area (Å²) in [5, 5.41) is 18.6. The summed E-state index contributed by atoms with van der Waals surface area (Å²) < 4.78 is 6.36. The summed E-state index contributed by atoms with van der Waals surface area (Å²) in [5.41, 5.74) is 1.47. The second-order valence-corrected chi connectivity index (χ2v) is 16.5. The van der Waals surface area contributed by atoms with Gasteiger partial charge in [0.1, 0.15) is 17.6 Å². The van der Waals surface area contributed by atoms with Crippen LogP contribution in [0.4, 0.5) is 17.1 Å². The van der Waals surface area contributed by atoms with Gasteiger partial charge in [-0.05, 0) is 115 Å². The first-order valence-corrected chi connectivity index (χ1v) is 20.0. The van der Waals surface area contributed by atoms with E-state index in [-0.39, 0.29) is 54.4 Å². The molecule has 1 saturated carbocycles. The molecular formula is C40H51ClN8O5S. The van der Waals surface area contributed by atoms with Crippen molar-refractivity contribution >= 4 is 69.6 Å². The van der Waals surface area contributed by atoms with Crippen LogP contribution in [0.2, 0.25) is 5.02 Å². The molecule has 4 amide bonds. The Morgan fingerprint density at radius 2 is 1.75 bits per heavy atom. The number of anilines is 3. The number of nitriles is 1. The Morgan fingerprint density at radius 1 is 1.04 bits per heavy atom. The van der Waals surface area contributed by atoms with Crippen molar-refractivity contribution in [1.29, 1.82) is 5.26 Å². The number of hydrogen-bond donors (Lipinski definition) is 3. The van der Waals surface area contributed by atoms with Crippen molar-refractivity contribution < 1.29 is 23.9 Å². The van der Waals surface area contributed by atoms with Gasteiger partial charge in [0.15, 0.2) is 5.11 Å². The van der Waals surface area contributed by atoms with E-state index in [1.165, 1.54) is 0 Å². The van der Waals surface area contributed by atoms with Crippen LogP contribution in [0.15, 0.2) is 42.5 Å². The van der Waals surface area contributed by atoms with Crippen LogP contribution < -0.4 is 20.9 Å². The van der Waals surface area contributed by atoms with Gasteiger partial charge in [-0.3, -0.25) is 34.3 Å². The smallest absolute Gasteiger partial charge is 0.258 e. The van der Waals surface area contributed by atoms with Crippen LogP contribution in [0, 0.1) is 11.3 Å². The number of benzene rings is 2. The number of carbonyl (C=O) groups is 4. The first-order chi connectivity index (χ1) is 26.2. The monoisotopic (exact) mass is 790 g/mol. The molecule has 6 rings (SSSR count). The Balaban J connectivity index is 0.904. The number of hydrogen-bond acceptors (Lipinski definition) is 10. The maximum absolute atomic E-state index is 13.6. The lowest BCUT2D eigenvalue weighted by molar-refractivity contribution is -0.133. The van der Waals surface area contributed by atoms with Crippen LogP contribution in [-0.4, -0.2) is 112 Å². The van der Waals surface area contributed by atoms with E-state index < -0.39 is 11.6 Å². The second-order valence-electron chi connectivity index (χ2n) is 15.7. The minimum absolute atomic E-state index is 0.0938. The molecule has 3 N–H and O–H groups in total. The highest BCUT2D eigenvalue weighted by molar-refractivity contribution is 7.80. The minimum atomic E-state index is -0.803. The van der Waals surface area contributed by atoms with Crippen molar-refractivity contribution in [3.05, 3.63) is 53.1 Å². The molecule has 1 aliphatic carbocycles. The summed E-state index contributed by atoms with van der Waals surface area (Å²) in [5.74, 6) is -0.795. The highest BCUT2D eigenvalue weighted by atomic mass is 35.5.